The van der Waals surface area contributed by atoms with E-state index in [1.165, 1.54) is 0 Å². The van der Waals surface area contributed by atoms with Crippen molar-refractivity contribution >= 4 is 11.9 Å². The minimum atomic E-state index is -0.752. The number of ether oxygens (including phenoxy) is 1. The van der Waals surface area contributed by atoms with Crippen LogP contribution in [0.2, 0.25) is 0 Å². The highest BCUT2D eigenvalue weighted by atomic mass is 16.5. The second kappa shape index (κ2) is 8.95. The Bertz CT molecular complexity index is 319. The summed E-state index contributed by atoms with van der Waals surface area (Å²) in [6.45, 7) is 6.76. The maximum absolute atomic E-state index is 12.1. The minimum absolute atomic E-state index is 0.131. The summed E-state index contributed by atoms with van der Waals surface area (Å²) in [4.78, 5) is 24.8. The molecule has 2 unspecified atom stereocenters. The Balaban J connectivity index is 2.35. The summed E-state index contributed by atoms with van der Waals surface area (Å²) >= 11 is 0. The Morgan fingerprint density at radius 2 is 2.20 bits per heavy atom. The first-order valence-corrected chi connectivity index (χ1v) is 7.61. The van der Waals surface area contributed by atoms with Gasteiger partial charge in [0, 0.05) is 39.1 Å². The molecule has 1 fully saturated rings. The molecule has 0 aliphatic carbocycles. The molecule has 1 heterocycles. The van der Waals surface area contributed by atoms with Crippen molar-refractivity contribution in [3.63, 3.8) is 0 Å². The van der Waals surface area contributed by atoms with Gasteiger partial charge in [-0.15, -0.1) is 0 Å². The standard InChI is InChI=1S/C15H27NO4/c1-3-20-9-5-7-14(17)16-8-4-6-13(11-16)12(2)10-15(18)19/h12-13H,3-11H2,1-2H3,(H,18,19). The lowest BCUT2D eigenvalue weighted by atomic mass is 9.84. The predicted octanol–water partition coefficient (Wildman–Crippen LogP) is 2.15. The molecular weight excluding hydrogens is 258 g/mol. The molecular formula is C15H27NO4. The zero-order chi connectivity index (χ0) is 15.0. The van der Waals surface area contributed by atoms with Crippen LogP contribution < -0.4 is 0 Å². The van der Waals surface area contributed by atoms with E-state index in [9.17, 15) is 9.59 Å². The van der Waals surface area contributed by atoms with Gasteiger partial charge >= 0.3 is 5.97 Å². The van der Waals surface area contributed by atoms with Gasteiger partial charge in [0.2, 0.25) is 5.91 Å². The number of carboxylic acids is 1. The van der Waals surface area contributed by atoms with Crippen LogP contribution in [0.5, 0.6) is 0 Å². The van der Waals surface area contributed by atoms with E-state index >= 15 is 0 Å². The van der Waals surface area contributed by atoms with Crippen LogP contribution in [-0.4, -0.2) is 48.2 Å². The van der Waals surface area contributed by atoms with Crippen molar-refractivity contribution in [2.45, 2.75) is 46.0 Å². The number of carboxylic acid groups (broad SMARTS) is 1. The average molecular weight is 285 g/mol. The summed E-state index contributed by atoms with van der Waals surface area (Å²) in [5, 5.41) is 8.86. The molecule has 20 heavy (non-hydrogen) atoms. The molecule has 0 aromatic carbocycles. The normalized spacial score (nSPS) is 20.7. The van der Waals surface area contributed by atoms with Crippen LogP contribution in [0.4, 0.5) is 0 Å². The third-order valence-corrected chi connectivity index (χ3v) is 4.00. The smallest absolute Gasteiger partial charge is 0.303 e. The van der Waals surface area contributed by atoms with Gasteiger partial charge in [-0.05, 0) is 38.0 Å². The third-order valence-electron chi connectivity index (χ3n) is 4.00. The Labute approximate surface area is 121 Å². The number of amides is 1. The van der Waals surface area contributed by atoms with Crippen molar-refractivity contribution in [3.05, 3.63) is 0 Å². The summed E-state index contributed by atoms with van der Waals surface area (Å²) in [7, 11) is 0. The summed E-state index contributed by atoms with van der Waals surface area (Å²) in [5.41, 5.74) is 0. The van der Waals surface area contributed by atoms with Crippen LogP contribution in [-0.2, 0) is 14.3 Å². The van der Waals surface area contributed by atoms with Crippen molar-refractivity contribution < 1.29 is 19.4 Å². The average Bonchev–Trinajstić information content (AvgIpc) is 2.43. The molecule has 0 radical (unpaired) electrons. The molecule has 2 atom stereocenters. The number of likely N-dealkylation sites (tertiary alicyclic amines) is 1. The number of rotatable bonds is 8. The van der Waals surface area contributed by atoms with E-state index in [4.69, 9.17) is 9.84 Å². The lowest BCUT2D eigenvalue weighted by Gasteiger charge is -2.35. The quantitative estimate of drug-likeness (QED) is 0.694. The van der Waals surface area contributed by atoms with Gasteiger partial charge < -0.3 is 14.7 Å². The van der Waals surface area contributed by atoms with Gasteiger partial charge in [-0.2, -0.15) is 0 Å². The number of carbonyl (C=O) groups is 2. The number of aliphatic carboxylic acids is 1. The van der Waals surface area contributed by atoms with Crippen LogP contribution in [0.25, 0.3) is 0 Å². The lowest BCUT2D eigenvalue weighted by Crippen LogP contribution is -2.42. The number of nitrogens with zero attached hydrogens (tertiary/aromatic N) is 1. The van der Waals surface area contributed by atoms with E-state index in [0.717, 1.165) is 25.8 Å². The highest BCUT2D eigenvalue weighted by molar-refractivity contribution is 5.76. The van der Waals surface area contributed by atoms with E-state index in [-0.39, 0.29) is 18.2 Å². The predicted molar refractivity (Wildman–Crippen MR) is 76.4 cm³/mol. The molecule has 1 N–H and O–H groups in total. The Morgan fingerprint density at radius 1 is 1.45 bits per heavy atom. The van der Waals surface area contributed by atoms with Crippen LogP contribution >= 0.6 is 0 Å². The third kappa shape index (κ3) is 5.90. The first-order valence-electron chi connectivity index (χ1n) is 7.61. The van der Waals surface area contributed by atoms with E-state index in [2.05, 4.69) is 0 Å². The van der Waals surface area contributed by atoms with Crippen molar-refractivity contribution in [1.29, 1.82) is 0 Å². The van der Waals surface area contributed by atoms with Crippen LogP contribution in [0.15, 0.2) is 0 Å². The molecule has 1 aliphatic heterocycles. The summed E-state index contributed by atoms with van der Waals surface area (Å²) in [6.07, 6.45) is 3.48. The van der Waals surface area contributed by atoms with E-state index in [0.29, 0.717) is 32.1 Å². The maximum Gasteiger partial charge on any atom is 0.303 e. The van der Waals surface area contributed by atoms with E-state index in [1.807, 2.05) is 18.7 Å². The molecule has 1 amide bonds. The number of hydrogen-bond donors (Lipinski definition) is 1. The molecule has 0 aromatic rings. The fourth-order valence-corrected chi connectivity index (χ4v) is 2.77. The molecule has 0 bridgehead atoms. The minimum Gasteiger partial charge on any atom is -0.481 e. The molecule has 1 rings (SSSR count). The largest absolute Gasteiger partial charge is 0.481 e. The van der Waals surface area contributed by atoms with Gasteiger partial charge in [0.25, 0.3) is 0 Å². The number of carbonyl (C=O) groups excluding carboxylic acids is 1. The van der Waals surface area contributed by atoms with E-state index < -0.39 is 5.97 Å². The highest BCUT2D eigenvalue weighted by Gasteiger charge is 2.27. The van der Waals surface area contributed by atoms with Gasteiger partial charge in [0.1, 0.15) is 0 Å². The molecule has 1 saturated heterocycles. The Kier molecular flexibility index (Phi) is 7.59. The lowest BCUT2D eigenvalue weighted by molar-refractivity contribution is -0.138. The fraction of sp³-hybridized carbons (Fsp3) is 0.867. The van der Waals surface area contributed by atoms with Crippen molar-refractivity contribution in [2.24, 2.45) is 11.8 Å². The fourth-order valence-electron chi connectivity index (χ4n) is 2.77. The topological polar surface area (TPSA) is 66.8 Å². The van der Waals surface area contributed by atoms with Crippen molar-refractivity contribution in [1.82, 2.24) is 4.90 Å². The van der Waals surface area contributed by atoms with Gasteiger partial charge in [-0.25, -0.2) is 0 Å². The van der Waals surface area contributed by atoms with Crippen LogP contribution in [0.1, 0.15) is 46.0 Å². The van der Waals surface area contributed by atoms with Crippen LogP contribution in [0, 0.1) is 11.8 Å². The SMILES string of the molecule is CCOCCCC(=O)N1CCCC(C(C)CC(=O)O)C1. The second-order valence-electron chi connectivity index (χ2n) is 5.62. The first-order chi connectivity index (χ1) is 9.54. The molecule has 1 aliphatic rings. The van der Waals surface area contributed by atoms with Gasteiger partial charge in [-0.1, -0.05) is 6.92 Å². The summed E-state index contributed by atoms with van der Waals surface area (Å²) in [6, 6.07) is 0. The molecule has 0 aromatic heterocycles. The van der Waals surface area contributed by atoms with Gasteiger partial charge in [0.15, 0.2) is 0 Å². The Hall–Kier alpha value is -1.10. The highest BCUT2D eigenvalue weighted by Crippen LogP contribution is 2.26. The number of hydrogen-bond acceptors (Lipinski definition) is 3. The van der Waals surface area contributed by atoms with Gasteiger partial charge in [0.05, 0.1) is 0 Å². The number of piperidine rings is 1. The monoisotopic (exact) mass is 285 g/mol. The molecule has 116 valence electrons. The van der Waals surface area contributed by atoms with Crippen LogP contribution in [0.3, 0.4) is 0 Å². The van der Waals surface area contributed by atoms with Gasteiger partial charge in [-0.3, -0.25) is 9.59 Å². The van der Waals surface area contributed by atoms with Crippen molar-refractivity contribution in [2.75, 3.05) is 26.3 Å². The molecule has 5 heteroatoms. The summed E-state index contributed by atoms with van der Waals surface area (Å²) < 4.78 is 5.24. The first kappa shape index (κ1) is 17.0. The summed E-state index contributed by atoms with van der Waals surface area (Å²) in [5.74, 6) is -0.128. The zero-order valence-electron chi connectivity index (χ0n) is 12.6. The molecule has 0 saturated carbocycles. The maximum atomic E-state index is 12.1. The van der Waals surface area contributed by atoms with E-state index in [1.54, 1.807) is 0 Å². The van der Waals surface area contributed by atoms with Crippen molar-refractivity contribution in [3.8, 4) is 0 Å². The molecule has 0 spiro atoms. The Morgan fingerprint density at radius 3 is 2.85 bits per heavy atom. The zero-order valence-corrected chi connectivity index (χ0v) is 12.6. The second-order valence-corrected chi connectivity index (χ2v) is 5.62. The molecule has 5 nitrogen and oxygen atoms in total.